The predicted octanol–water partition coefficient (Wildman–Crippen LogP) is 10.1. The molecule has 0 bridgehead atoms. The predicted molar refractivity (Wildman–Crippen MR) is 290 cm³/mol. The first-order valence-corrected chi connectivity index (χ1v) is 31.9. The van der Waals surface area contributed by atoms with Crippen LogP contribution in [0, 0.1) is 25.2 Å². The lowest BCUT2D eigenvalue weighted by molar-refractivity contribution is 0.317. The van der Waals surface area contributed by atoms with Crippen molar-refractivity contribution in [3.8, 4) is 23.4 Å². The molecule has 0 amide bonds. The van der Waals surface area contributed by atoms with Crippen LogP contribution in [0.25, 0.3) is 37.7 Å². The second kappa shape index (κ2) is 22.6. The number of aryl methyl sites for hydroxylation is 1. The minimum absolute atomic E-state index is 0.0153. The molecule has 0 unspecified atom stereocenters. The molecule has 0 aliphatic rings. The van der Waals surface area contributed by atoms with Crippen LogP contribution in [0.4, 0.5) is 33.6 Å². The first kappa shape index (κ1) is 59.2. The Morgan fingerprint density at radius 2 is 1.36 bits per heavy atom. The number of thioether (sulfide) groups is 1. The summed E-state index contributed by atoms with van der Waals surface area (Å²) in [5, 5.41) is 47.7. The van der Waals surface area contributed by atoms with Crippen molar-refractivity contribution >= 4 is 157 Å². The first-order chi connectivity index (χ1) is 37.3. The van der Waals surface area contributed by atoms with E-state index in [1.54, 1.807) is 6.92 Å². The number of thiazole rings is 1. The number of rotatable bonds is 20. The summed E-state index contributed by atoms with van der Waals surface area (Å²) in [5.41, 5.74) is -0.897. The fourth-order valence-corrected chi connectivity index (χ4v) is 13.1. The van der Waals surface area contributed by atoms with E-state index in [-0.39, 0.29) is 124 Å². The number of pyridine rings is 1. The number of fused-ring (bicyclic) bond motifs is 6. The number of ether oxygens (including phenoxy) is 2. The third-order valence-electron chi connectivity index (χ3n) is 11.3. The van der Waals surface area contributed by atoms with E-state index in [0.29, 0.717) is 10.5 Å². The molecule has 0 saturated carbocycles. The highest BCUT2D eigenvalue weighted by molar-refractivity contribution is 7.99. The zero-order valence-corrected chi connectivity index (χ0v) is 47.3. The van der Waals surface area contributed by atoms with Gasteiger partial charge in [0.05, 0.1) is 51.5 Å². The van der Waals surface area contributed by atoms with Crippen molar-refractivity contribution in [2.45, 2.75) is 46.3 Å². The quantitative estimate of drug-likeness (QED) is 0.0179. The summed E-state index contributed by atoms with van der Waals surface area (Å²) in [4.78, 5) is 6.86. The molecule has 0 aliphatic heterocycles. The summed E-state index contributed by atoms with van der Waals surface area (Å²) in [5.74, 6) is -2.05. The number of nitrogens with zero attached hydrogens (tertiary/aromatic N) is 10. The van der Waals surface area contributed by atoms with E-state index in [2.05, 4.69) is 40.7 Å². The zero-order valence-electron chi connectivity index (χ0n) is 40.8. The van der Waals surface area contributed by atoms with Gasteiger partial charge in [-0.2, -0.15) is 52.5 Å². The van der Waals surface area contributed by atoms with E-state index < -0.39 is 82.7 Å². The molecule has 3 heterocycles. The molecule has 0 radical (unpaired) electrons. The normalized spacial score (nSPS) is 13.1. The van der Waals surface area contributed by atoms with Crippen LogP contribution in [0.2, 0.25) is 5.02 Å². The molecule has 28 nitrogen and oxygen atoms in total. The molecular weight excluding hydrogens is 1220 g/mol. The Kier molecular flexibility index (Phi) is 16.7. The van der Waals surface area contributed by atoms with Gasteiger partial charge in [-0.25, -0.2) is 9.97 Å². The molecule has 80 heavy (non-hydrogen) atoms. The fourth-order valence-electron chi connectivity index (χ4n) is 7.75. The molecule has 0 atom stereocenters. The lowest BCUT2D eigenvalue weighted by Gasteiger charge is -2.12. The lowest BCUT2D eigenvalue weighted by atomic mass is 10.1. The topological polar surface area (TPSA) is 439 Å². The number of aromatic hydroxyl groups is 1. The average Bonchev–Trinajstić information content (AvgIpc) is 4.19. The molecule has 6 N–H and O–H groups in total. The number of halogens is 1. The zero-order chi connectivity index (χ0) is 58.4. The van der Waals surface area contributed by atoms with Crippen LogP contribution in [-0.2, 0) is 50.6 Å². The van der Waals surface area contributed by atoms with Gasteiger partial charge in [-0.15, -0.1) is 37.3 Å². The Morgan fingerprint density at radius 3 is 2.01 bits per heavy atom. The van der Waals surface area contributed by atoms with Crippen molar-refractivity contribution in [1.82, 2.24) is 14.4 Å². The van der Waals surface area contributed by atoms with Crippen molar-refractivity contribution in [3.63, 3.8) is 0 Å². The monoisotopic (exact) mass is 1250 g/mol. The minimum atomic E-state index is -5.00. The Morgan fingerprint density at radius 1 is 0.725 bits per heavy atom. The smallest absolute Gasteiger partial charge is 0.296 e. The lowest BCUT2D eigenvalue weighted by Crippen LogP contribution is -2.08. The van der Waals surface area contributed by atoms with Crippen LogP contribution in [0.1, 0.15) is 29.5 Å². The minimum Gasteiger partial charge on any atom is -0.494 e. The van der Waals surface area contributed by atoms with E-state index in [9.17, 15) is 75.2 Å². The number of hydrogen-bond donors (Lipinski definition) is 6. The van der Waals surface area contributed by atoms with Crippen LogP contribution in [0.5, 0.6) is 17.4 Å². The highest BCUT2D eigenvalue weighted by atomic mass is 35.5. The van der Waals surface area contributed by atoms with E-state index >= 15 is 0 Å². The molecule has 3 aromatic heterocycles. The largest absolute Gasteiger partial charge is 0.494 e. The molecule has 8 rings (SSSR count). The summed E-state index contributed by atoms with van der Waals surface area (Å²) in [6.07, 6.45) is -0.264. The maximum Gasteiger partial charge on any atom is 0.296 e. The van der Waals surface area contributed by atoms with Gasteiger partial charge < -0.3 is 14.6 Å². The van der Waals surface area contributed by atoms with Crippen molar-refractivity contribution in [3.05, 3.63) is 82.4 Å². The molecule has 0 spiro atoms. The van der Waals surface area contributed by atoms with Crippen molar-refractivity contribution in [2.75, 3.05) is 31.0 Å². The third kappa shape index (κ3) is 13.1. The molecule has 36 heteroatoms. The summed E-state index contributed by atoms with van der Waals surface area (Å²) < 4.78 is 181. The second-order valence-electron chi connectivity index (χ2n) is 16.9. The summed E-state index contributed by atoms with van der Waals surface area (Å²) >= 11 is 8.00. The molecule has 420 valence electrons. The first-order valence-electron chi connectivity index (χ1n) is 22.2. The van der Waals surface area contributed by atoms with Gasteiger partial charge in [0.1, 0.15) is 55.5 Å². The van der Waals surface area contributed by atoms with Gasteiger partial charge in [-0.1, -0.05) is 29.0 Å². The van der Waals surface area contributed by atoms with Crippen LogP contribution < -0.4 is 9.47 Å². The van der Waals surface area contributed by atoms with Gasteiger partial charge in [-0.05, 0) is 85.9 Å². The fraction of sp³-hybridized carbons (Fsp3) is 0.205. The van der Waals surface area contributed by atoms with Crippen molar-refractivity contribution in [1.29, 1.82) is 5.26 Å². The number of methoxy groups -OCH3 is 1. The van der Waals surface area contributed by atoms with Crippen LogP contribution in [0.15, 0.2) is 111 Å². The van der Waals surface area contributed by atoms with Gasteiger partial charge in [0.15, 0.2) is 11.3 Å². The van der Waals surface area contributed by atoms with E-state index in [0.717, 1.165) is 51.8 Å². The highest BCUT2D eigenvalue weighted by Crippen LogP contribution is 2.46. The van der Waals surface area contributed by atoms with Gasteiger partial charge in [-0.3, -0.25) is 27.2 Å². The number of nitriles is 1. The second-order valence-corrected chi connectivity index (χ2v) is 26.8. The molecule has 0 fully saturated rings. The summed E-state index contributed by atoms with van der Waals surface area (Å²) in [7, 11) is -22.2. The number of imidazole rings is 1. The summed E-state index contributed by atoms with van der Waals surface area (Å²) in [6.45, 7) is 2.65. The van der Waals surface area contributed by atoms with Crippen LogP contribution in [-0.4, -0.2) is 115 Å². The Hall–Kier alpha value is -6.92. The van der Waals surface area contributed by atoms with Crippen LogP contribution in [0.3, 0.4) is 0 Å². The SMILES string of the molecule is COc1cc(N=Nc2cc(OCCCS(=O)(=O)O)c(N=Nc3c(C)c(C#N)c4nc5cc(Cl)cc(S(=O)(=O)O)c5n4c3O)cc2C)c(SCCCS(=O)(=O)O)cc1N=Nc1nc2c(S(=O)(=O)O)cc3cc(S(=O)(=O)O)ccc3c2s1. The maximum atomic E-state index is 12.5. The third-order valence-corrected chi connectivity index (χ3v) is 17.9. The van der Waals surface area contributed by atoms with E-state index in [1.165, 1.54) is 50.4 Å². The Labute approximate surface area is 466 Å². The average molecular weight is 1250 g/mol. The molecule has 0 saturated heterocycles. The number of aromatic nitrogens is 3. The van der Waals surface area contributed by atoms with E-state index in [4.69, 9.17) is 21.1 Å². The molecule has 0 aliphatic carbocycles. The molecule has 5 aromatic carbocycles. The molecular formula is C44H37ClN10O18S7. The highest BCUT2D eigenvalue weighted by Gasteiger charge is 2.27. The maximum absolute atomic E-state index is 12.5. The standard InChI is InChI=1S/C44H37ClN10O18S7/c1-21-12-29(50-53-38-22(2)27(20-46)42-47-32-15-24(45)16-37(80(69,70)71)40(32)55(42)43(38)56)34(73-8-4-10-76(57,58)59)17-28(21)49-52-31-18-33(72-3)30(19-35(31)74-9-5-11-77(60,61)62)51-54-44-48-39-36(79(66,67)68)14-23-13-25(78(63,64)65)6-7-26(23)41(39)75-44/h6-7,12-19,56H,4-5,8-11H2,1-3H3,(H,57,58,59)(H,60,61,62)(H,63,64,65)(H,66,67,68)(H,69,70,71). The summed E-state index contributed by atoms with van der Waals surface area (Å²) in [6, 6.07) is 14.1. The number of azo groups is 3. The van der Waals surface area contributed by atoms with E-state index in [1.807, 2.05) is 6.07 Å². The van der Waals surface area contributed by atoms with Gasteiger partial charge >= 0.3 is 0 Å². The van der Waals surface area contributed by atoms with Gasteiger partial charge in [0, 0.05) is 33.0 Å². The van der Waals surface area contributed by atoms with Crippen molar-refractivity contribution in [2.24, 2.45) is 30.7 Å². The number of hydrogen-bond acceptors (Lipinski definition) is 24. The van der Waals surface area contributed by atoms with Crippen molar-refractivity contribution < 1.29 is 79.4 Å². The van der Waals surface area contributed by atoms with Gasteiger partial charge in [0.2, 0.25) is 11.0 Å². The van der Waals surface area contributed by atoms with Gasteiger partial charge in [0.25, 0.3) is 50.6 Å². The Bertz CT molecular complexity index is 4640. The Balaban J connectivity index is 1.20. The number of benzene rings is 5. The molecule has 8 aromatic rings. The van der Waals surface area contributed by atoms with Crippen LogP contribution >= 0.6 is 34.7 Å².